The Balaban J connectivity index is 1.56. The third-order valence-corrected chi connectivity index (χ3v) is 4.86. The van der Waals surface area contributed by atoms with Crippen LogP contribution in [0.2, 0.25) is 0 Å². The quantitative estimate of drug-likeness (QED) is 0.829. The van der Waals surface area contributed by atoms with E-state index in [4.69, 9.17) is 0 Å². The largest absolute Gasteiger partial charge is 0.373 e. The van der Waals surface area contributed by atoms with Crippen LogP contribution in [-0.2, 0) is 11.3 Å². The Labute approximate surface area is 155 Å². The van der Waals surface area contributed by atoms with E-state index in [-0.39, 0.29) is 11.9 Å². The van der Waals surface area contributed by atoms with Crippen LogP contribution in [0.15, 0.2) is 42.7 Å². The lowest BCUT2D eigenvalue weighted by molar-refractivity contribution is -0.132. The van der Waals surface area contributed by atoms with Gasteiger partial charge >= 0.3 is 0 Å². The summed E-state index contributed by atoms with van der Waals surface area (Å²) < 4.78 is 0. The maximum absolute atomic E-state index is 12.8. The van der Waals surface area contributed by atoms with Crippen molar-refractivity contribution in [2.45, 2.75) is 31.8 Å². The number of hydrogen-bond acceptors (Lipinski definition) is 5. The highest BCUT2D eigenvalue weighted by Crippen LogP contribution is 2.33. The van der Waals surface area contributed by atoms with E-state index < -0.39 is 0 Å². The first-order valence-electron chi connectivity index (χ1n) is 9.19. The van der Waals surface area contributed by atoms with Gasteiger partial charge in [-0.05, 0) is 49.7 Å². The molecule has 1 N–H and O–H groups in total. The van der Waals surface area contributed by atoms with Crippen LogP contribution >= 0.6 is 0 Å². The summed E-state index contributed by atoms with van der Waals surface area (Å²) in [6.07, 6.45) is 6.21. The van der Waals surface area contributed by atoms with Gasteiger partial charge in [-0.1, -0.05) is 6.07 Å². The molecule has 138 valence electrons. The molecule has 0 saturated carbocycles. The van der Waals surface area contributed by atoms with Crippen molar-refractivity contribution in [1.29, 1.82) is 0 Å². The lowest BCUT2D eigenvalue weighted by atomic mass is 10.1. The van der Waals surface area contributed by atoms with Gasteiger partial charge in [-0.15, -0.1) is 0 Å². The highest BCUT2D eigenvalue weighted by molar-refractivity contribution is 5.77. The maximum Gasteiger partial charge on any atom is 0.224 e. The first kappa shape index (κ1) is 18.3. The molecule has 1 unspecified atom stereocenters. The van der Waals surface area contributed by atoms with E-state index in [0.29, 0.717) is 6.42 Å². The van der Waals surface area contributed by atoms with Crippen LogP contribution in [-0.4, -0.2) is 52.9 Å². The molecule has 2 aromatic heterocycles. The van der Waals surface area contributed by atoms with Crippen LogP contribution < -0.4 is 5.32 Å². The molecule has 0 aliphatic carbocycles. The van der Waals surface area contributed by atoms with E-state index >= 15 is 0 Å². The molecule has 3 heterocycles. The number of likely N-dealkylation sites (tertiary alicyclic amines) is 1. The number of aromatic nitrogens is 2. The van der Waals surface area contributed by atoms with Crippen molar-refractivity contribution in [2.24, 2.45) is 0 Å². The zero-order valence-corrected chi connectivity index (χ0v) is 15.6. The van der Waals surface area contributed by atoms with E-state index in [1.165, 1.54) is 0 Å². The van der Waals surface area contributed by atoms with E-state index in [2.05, 4.69) is 20.2 Å². The summed E-state index contributed by atoms with van der Waals surface area (Å²) in [5.74, 6) is 1.07. The molecule has 0 radical (unpaired) electrons. The molecule has 2 aromatic rings. The van der Waals surface area contributed by atoms with Crippen molar-refractivity contribution >= 4 is 11.7 Å². The van der Waals surface area contributed by atoms with Crippen molar-refractivity contribution in [3.8, 4) is 0 Å². The van der Waals surface area contributed by atoms with Gasteiger partial charge in [-0.2, -0.15) is 0 Å². The number of carbonyl (C=O) groups is 1. The molecule has 1 aliphatic rings. The fraction of sp³-hybridized carbons (Fsp3) is 0.450. The summed E-state index contributed by atoms with van der Waals surface area (Å²) in [7, 11) is 3.90. The molecule has 0 aromatic carbocycles. The third-order valence-electron chi connectivity index (χ3n) is 4.86. The number of anilines is 1. The zero-order valence-electron chi connectivity index (χ0n) is 15.6. The van der Waals surface area contributed by atoms with Gasteiger partial charge in [-0.25, -0.2) is 4.98 Å². The van der Waals surface area contributed by atoms with E-state index in [1.807, 2.05) is 55.5 Å². The van der Waals surface area contributed by atoms with Crippen LogP contribution in [0.25, 0.3) is 0 Å². The van der Waals surface area contributed by atoms with Crippen molar-refractivity contribution in [3.05, 3.63) is 54.0 Å². The van der Waals surface area contributed by atoms with E-state index in [0.717, 1.165) is 49.6 Å². The Morgan fingerprint density at radius 1 is 1.31 bits per heavy atom. The van der Waals surface area contributed by atoms with Crippen molar-refractivity contribution < 1.29 is 4.79 Å². The predicted octanol–water partition coefficient (Wildman–Crippen LogP) is 2.70. The molecular formula is C20H27N5O. The molecule has 1 amide bonds. The lowest BCUT2D eigenvalue weighted by Crippen LogP contribution is -2.33. The Morgan fingerprint density at radius 3 is 2.96 bits per heavy atom. The summed E-state index contributed by atoms with van der Waals surface area (Å²) in [6.45, 7) is 2.33. The molecule has 6 nitrogen and oxygen atoms in total. The van der Waals surface area contributed by atoms with E-state index in [9.17, 15) is 4.79 Å². The number of nitrogens with one attached hydrogen (secondary N) is 1. The van der Waals surface area contributed by atoms with Gasteiger partial charge < -0.3 is 15.1 Å². The van der Waals surface area contributed by atoms with Crippen LogP contribution in [0.3, 0.4) is 0 Å². The normalized spacial score (nSPS) is 16.9. The Hall–Kier alpha value is -2.47. The number of rotatable bonds is 7. The topological polar surface area (TPSA) is 61.4 Å². The molecule has 1 fully saturated rings. The molecular weight excluding hydrogens is 326 g/mol. The second-order valence-corrected chi connectivity index (χ2v) is 6.78. The SMILES string of the molecule is CNc1cc(C2CCCN2C(=O)CCN(C)Cc2ccccn2)ccn1. The number of nitrogens with zero attached hydrogens (tertiary/aromatic N) is 4. The highest BCUT2D eigenvalue weighted by Gasteiger charge is 2.29. The minimum atomic E-state index is 0.165. The number of amides is 1. The first-order valence-corrected chi connectivity index (χ1v) is 9.19. The summed E-state index contributed by atoms with van der Waals surface area (Å²) in [5, 5.41) is 3.07. The molecule has 1 aliphatic heterocycles. The molecule has 1 atom stereocenters. The van der Waals surface area contributed by atoms with Gasteiger partial charge in [0.25, 0.3) is 0 Å². The van der Waals surface area contributed by atoms with Gasteiger partial charge in [0.15, 0.2) is 0 Å². The second kappa shape index (κ2) is 8.76. The lowest BCUT2D eigenvalue weighted by Gasteiger charge is -2.26. The smallest absolute Gasteiger partial charge is 0.224 e. The van der Waals surface area contributed by atoms with Gasteiger partial charge in [0.05, 0.1) is 11.7 Å². The number of pyridine rings is 2. The molecule has 1 saturated heterocycles. The van der Waals surface area contributed by atoms with Crippen LogP contribution in [0, 0.1) is 0 Å². The van der Waals surface area contributed by atoms with E-state index in [1.54, 1.807) is 6.20 Å². The standard InChI is InChI=1S/C20H27N5O/c1-21-19-14-16(8-11-23-19)18-7-5-12-25(18)20(26)9-13-24(2)15-17-6-3-4-10-22-17/h3-4,6,8,10-11,14,18H,5,7,9,12-13,15H2,1-2H3,(H,21,23). The average molecular weight is 353 g/mol. The molecule has 3 rings (SSSR count). The Kier molecular flexibility index (Phi) is 6.17. The minimum Gasteiger partial charge on any atom is -0.373 e. The van der Waals surface area contributed by atoms with Crippen LogP contribution in [0.5, 0.6) is 0 Å². The predicted molar refractivity (Wildman–Crippen MR) is 103 cm³/mol. The van der Waals surface area contributed by atoms with Crippen molar-refractivity contribution in [1.82, 2.24) is 19.8 Å². The summed E-state index contributed by atoms with van der Waals surface area (Å²) in [5.41, 5.74) is 2.19. The number of carbonyl (C=O) groups excluding carboxylic acids is 1. The summed E-state index contributed by atoms with van der Waals surface area (Å²) in [6, 6.07) is 10.1. The summed E-state index contributed by atoms with van der Waals surface area (Å²) >= 11 is 0. The average Bonchev–Trinajstić information content (AvgIpc) is 3.17. The third kappa shape index (κ3) is 4.58. The van der Waals surface area contributed by atoms with Gasteiger partial charge in [0.1, 0.15) is 5.82 Å². The van der Waals surface area contributed by atoms with Crippen molar-refractivity contribution in [2.75, 3.05) is 32.5 Å². The fourth-order valence-electron chi connectivity index (χ4n) is 3.48. The fourth-order valence-corrected chi connectivity index (χ4v) is 3.48. The van der Waals surface area contributed by atoms with Crippen LogP contribution in [0.1, 0.15) is 36.6 Å². The van der Waals surface area contributed by atoms with Gasteiger partial charge in [0, 0.05) is 45.5 Å². The van der Waals surface area contributed by atoms with Crippen molar-refractivity contribution in [3.63, 3.8) is 0 Å². The monoisotopic (exact) mass is 353 g/mol. The molecule has 0 spiro atoms. The second-order valence-electron chi connectivity index (χ2n) is 6.78. The molecule has 26 heavy (non-hydrogen) atoms. The molecule has 0 bridgehead atoms. The number of hydrogen-bond donors (Lipinski definition) is 1. The Morgan fingerprint density at radius 2 is 2.19 bits per heavy atom. The Bertz CT molecular complexity index is 721. The maximum atomic E-state index is 12.8. The van der Waals surface area contributed by atoms with Gasteiger partial charge in [-0.3, -0.25) is 9.78 Å². The molecule has 6 heteroatoms. The zero-order chi connectivity index (χ0) is 18.4. The van der Waals surface area contributed by atoms with Gasteiger partial charge in [0.2, 0.25) is 5.91 Å². The highest BCUT2D eigenvalue weighted by atomic mass is 16.2. The minimum absolute atomic E-state index is 0.165. The first-order chi connectivity index (χ1) is 12.7. The van der Waals surface area contributed by atoms with Crippen LogP contribution in [0.4, 0.5) is 5.82 Å². The summed E-state index contributed by atoms with van der Waals surface area (Å²) in [4.78, 5) is 25.6.